The van der Waals surface area contributed by atoms with Crippen LogP contribution in [-0.2, 0) is 6.54 Å². The molecule has 1 heterocycles. The second-order valence-corrected chi connectivity index (χ2v) is 7.52. The number of carbonyl (C=O) groups excluding carboxylic acids is 1. The van der Waals surface area contributed by atoms with Crippen LogP contribution in [0.15, 0.2) is 42.5 Å². The quantitative estimate of drug-likeness (QED) is 0.641. The highest BCUT2D eigenvalue weighted by Gasteiger charge is 2.14. The molecule has 1 N–H and O–H groups in total. The van der Waals surface area contributed by atoms with Crippen molar-refractivity contribution in [1.29, 1.82) is 0 Å². The lowest BCUT2D eigenvalue weighted by Gasteiger charge is -2.26. The van der Waals surface area contributed by atoms with E-state index in [2.05, 4.69) is 16.3 Å². The summed E-state index contributed by atoms with van der Waals surface area (Å²) in [4.78, 5) is 25.2. The number of non-ortho nitro benzene ring substituents is 1. The SMILES string of the molecule is Cc1cc(CN2CCSCC2)ccc1NC(=O)c1cccc([N+](=O)[O-])c1. The average Bonchev–Trinajstić information content (AvgIpc) is 2.65. The van der Waals surface area contributed by atoms with E-state index in [1.165, 1.54) is 35.3 Å². The molecule has 0 bridgehead atoms. The third-order valence-corrected chi connectivity index (χ3v) is 5.31. The Morgan fingerprint density at radius 3 is 2.69 bits per heavy atom. The Hall–Kier alpha value is -2.38. The van der Waals surface area contributed by atoms with Gasteiger partial charge < -0.3 is 5.32 Å². The van der Waals surface area contributed by atoms with E-state index in [0.29, 0.717) is 0 Å². The maximum absolute atomic E-state index is 12.4. The van der Waals surface area contributed by atoms with Gasteiger partial charge in [-0.3, -0.25) is 19.8 Å². The molecule has 2 aromatic rings. The molecule has 0 radical (unpaired) electrons. The molecule has 0 unspecified atom stereocenters. The van der Waals surface area contributed by atoms with Crippen LogP contribution < -0.4 is 5.32 Å². The van der Waals surface area contributed by atoms with Crippen molar-refractivity contribution in [3.63, 3.8) is 0 Å². The predicted molar refractivity (Wildman–Crippen MR) is 105 cm³/mol. The number of rotatable bonds is 5. The summed E-state index contributed by atoms with van der Waals surface area (Å²) in [6.45, 7) is 5.09. The molecule has 0 spiro atoms. The van der Waals surface area contributed by atoms with E-state index in [0.717, 1.165) is 30.9 Å². The molecular weight excluding hydrogens is 350 g/mol. The Kier molecular flexibility index (Phi) is 5.90. The lowest BCUT2D eigenvalue weighted by molar-refractivity contribution is -0.384. The number of hydrogen-bond acceptors (Lipinski definition) is 5. The number of carbonyl (C=O) groups is 1. The topological polar surface area (TPSA) is 75.5 Å². The summed E-state index contributed by atoms with van der Waals surface area (Å²) >= 11 is 1.99. The van der Waals surface area contributed by atoms with Gasteiger partial charge in [-0.25, -0.2) is 0 Å². The van der Waals surface area contributed by atoms with Gasteiger partial charge in [0, 0.05) is 54.5 Å². The lowest BCUT2D eigenvalue weighted by atomic mass is 10.1. The van der Waals surface area contributed by atoms with Crippen LogP contribution in [-0.4, -0.2) is 40.3 Å². The van der Waals surface area contributed by atoms with Crippen LogP contribution in [0.2, 0.25) is 0 Å². The molecule has 1 fully saturated rings. The third-order valence-electron chi connectivity index (χ3n) is 4.37. The van der Waals surface area contributed by atoms with Gasteiger partial charge in [0.05, 0.1) is 4.92 Å². The first-order valence-corrected chi connectivity index (χ1v) is 9.64. The number of nitrogens with one attached hydrogen (secondary N) is 1. The molecule has 0 saturated carbocycles. The van der Waals surface area contributed by atoms with Crippen LogP contribution in [0.5, 0.6) is 0 Å². The molecular formula is C19H21N3O3S. The molecule has 6 nitrogen and oxygen atoms in total. The number of amides is 1. The van der Waals surface area contributed by atoms with Gasteiger partial charge in [0.2, 0.25) is 0 Å². The van der Waals surface area contributed by atoms with Gasteiger partial charge in [-0.2, -0.15) is 11.8 Å². The van der Waals surface area contributed by atoms with Crippen molar-refractivity contribution >= 4 is 29.0 Å². The number of anilines is 1. The van der Waals surface area contributed by atoms with E-state index in [9.17, 15) is 14.9 Å². The Bertz CT molecular complexity index is 819. The molecule has 2 aromatic carbocycles. The van der Waals surface area contributed by atoms with Crippen LogP contribution in [0.25, 0.3) is 0 Å². The van der Waals surface area contributed by atoms with Gasteiger partial charge >= 0.3 is 0 Å². The first-order chi connectivity index (χ1) is 12.5. The second kappa shape index (κ2) is 8.33. The maximum atomic E-state index is 12.4. The van der Waals surface area contributed by atoms with Gasteiger partial charge in [0.15, 0.2) is 0 Å². The highest BCUT2D eigenvalue weighted by Crippen LogP contribution is 2.21. The zero-order valence-corrected chi connectivity index (χ0v) is 15.4. The molecule has 1 aliphatic rings. The molecule has 136 valence electrons. The van der Waals surface area contributed by atoms with Gasteiger partial charge in [0.1, 0.15) is 0 Å². The highest BCUT2D eigenvalue weighted by molar-refractivity contribution is 7.99. The Balaban J connectivity index is 1.68. The molecule has 1 aliphatic heterocycles. The van der Waals surface area contributed by atoms with Gasteiger partial charge in [-0.05, 0) is 30.2 Å². The van der Waals surface area contributed by atoms with E-state index in [1.807, 2.05) is 30.8 Å². The minimum atomic E-state index is -0.504. The molecule has 26 heavy (non-hydrogen) atoms. The summed E-state index contributed by atoms with van der Waals surface area (Å²) < 4.78 is 0. The Labute approximate surface area is 156 Å². The zero-order chi connectivity index (χ0) is 18.5. The van der Waals surface area contributed by atoms with Crippen molar-refractivity contribution < 1.29 is 9.72 Å². The average molecular weight is 371 g/mol. The van der Waals surface area contributed by atoms with E-state index < -0.39 is 4.92 Å². The largest absolute Gasteiger partial charge is 0.322 e. The normalized spacial score (nSPS) is 14.8. The second-order valence-electron chi connectivity index (χ2n) is 6.30. The van der Waals surface area contributed by atoms with Crippen LogP contribution in [0, 0.1) is 17.0 Å². The summed E-state index contributed by atoms with van der Waals surface area (Å²) in [7, 11) is 0. The Morgan fingerprint density at radius 1 is 1.23 bits per heavy atom. The van der Waals surface area contributed by atoms with Crippen LogP contribution in [0.1, 0.15) is 21.5 Å². The van der Waals surface area contributed by atoms with Crippen molar-refractivity contribution in [2.24, 2.45) is 0 Å². The number of thioether (sulfide) groups is 1. The fourth-order valence-electron chi connectivity index (χ4n) is 2.94. The highest BCUT2D eigenvalue weighted by atomic mass is 32.2. The predicted octanol–water partition coefficient (Wildman–Crippen LogP) is 3.70. The van der Waals surface area contributed by atoms with Crippen molar-refractivity contribution in [2.75, 3.05) is 29.9 Å². The number of nitro benzene ring substituents is 1. The standard InChI is InChI=1S/C19H21N3O3S/c1-14-11-15(13-21-7-9-26-10-8-21)5-6-18(14)20-19(23)16-3-2-4-17(12-16)22(24)25/h2-6,11-12H,7-10,13H2,1H3,(H,20,23). The summed E-state index contributed by atoms with van der Waals surface area (Å²) in [5.74, 6) is 2.00. The number of nitro groups is 1. The molecule has 0 aromatic heterocycles. The van der Waals surface area contributed by atoms with E-state index in [4.69, 9.17) is 0 Å². The molecule has 1 saturated heterocycles. The van der Waals surface area contributed by atoms with E-state index in [-0.39, 0.29) is 17.2 Å². The van der Waals surface area contributed by atoms with Crippen molar-refractivity contribution in [3.05, 3.63) is 69.3 Å². The molecule has 0 aliphatic carbocycles. The van der Waals surface area contributed by atoms with Crippen LogP contribution in [0.3, 0.4) is 0 Å². The van der Waals surface area contributed by atoms with E-state index in [1.54, 1.807) is 6.07 Å². The summed E-state index contributed by atoms with van der Waals surface area (Å²) in [6.07, 6.45) is 0. The first kappa shape index (κ1) is 18.4. The summed E-state index contributed by atoms with van der Waals surface area (Å²) in [5, 5.41) is 13.7. The van der Waals surface area contributed by atoms with Gasteiger partial charge in [0.25, 0.3) is 11.6 Å². The van der Waals surface area contributed by atoms with Crippen molar-refractivity contribution in [3.8, 4) is 0 Å². The molecule has 3 rings (SSSR count). The monoisotopic (exact) mass is 371 g/mol. The van der Waals surface area contributed by atoms with Crippen molar-refractivity contribution in [1.82, 2.24) is 4.90 Å². The van der Waals surface area contributed by atoms with E-state index >= 15 is 0 Å². The minimum Gasteiger partial charge on any atom is -0.322 e. The lowest BCUT2D eigenvalue weighted by Crippen LogP contribution is -2.31. The first-order valence-electron chi connectivity index (χ1n) is 8.48. The third kappa shape index (κ3) is 4.62. The van der Waals surface area contributed by atoms with Gasteiger partial charge in [-0.1, -0.05) is 18.2 Å². The fourth-order valence-corrected chi connectivity index (χ4v) is 3.92. The maximum Gasteiger partial charge on any atom is 0.270 e. The van der Waals surface area contributed by atoms with Crippen LogP contribution >= 0.6 is 11.8 Å². The Morgan fingerprint density at radius 2 is 2.00 bits per heavy atom. The minimum absolute atomic E-state index is 0.0931. The number of aryl methyl sites for hydroxylation is 1. The zero-order valence-electron chi connectivity index (χ0n) is 14.6. The fraction of sp³-hybridized carbons (Fsp3) is 0.316. The molecule has 0 atom stereocenters. The molecule has 1 amide bonds. The number of hydrogen-bond donors (Lipinski definition) is 1. The smallest absolute Gasteiger partial charge is 0.270 e. The van der Waals surface area contributed by atoms with Crippen LogP contribution in [0.4, 0.5) is 11.4 Å². The van der Waals surface area contributed by atoms with Gasteiger partial charge in [-0.15, -0.1) is 0 Å². The summed E-state index contributed by atoms with van der Waals surface area (Å²) in [5.41, 5.74) is 3.10. The van der Waals surface area contributed by atoms with Crippen molar-refractivity contribution in [2.45, 2.75) is 13.5 Å². The number of nitrogens with zero attached hydrogens (tertiary/aromatic N) is 2. The summed E-state index contributed by atoms with van der Waals surface area (Å²) in [6, 6.07) is 11.8. The number of benzene rings is 2. The molecule has 7 heteroatoms.